The van der Waals surface area contributed by atoms with Crippen molar-refractivity contribution in [2.24, 2.45) is 0 Å². The standard InChI is InChI=1S/C27H29N3O2S2/c1-4-15-30-26(32)25-22(16-23(34-25)21-13-11-19(3)12-14-21)28-27(30)33-18-24(31)29(5-2)17-20-9-7-6-8-10-20/h6-14,16H,4-5,15,17-18H2,1-3H3. The Hall–Kier alpha value is -2.90. The molecule has 4 rings (SSSR count). The molecule has 4 aromatic rings. The average molecular weight is 492 g/mol. The zero-order chi connectivity index (χ0) is 24.1. The lowest BCUT2D eigenvalue weighted by Gasteiger charge is -2.21. The van der Waals surface area contributed by atoms with Crippen molar-refractivity contribution in [3.05, 3.63) is 82.1 Å². The van der Waals surface area contributed by atoms with E-state index in [4.69, 9.17) is 4.98 Å². The number of rotatable bonds is 9. The third-order valence-electron chi connectivity index (χ3n) is 5.66. The molecule has 0 spiro atoms. The summed E-state index contributed by atoms with van der Waals surface area (Å²) in [5.74, 6) is 0.288. The van der Waals surface area contributed by atoms with E-state index in [2.05, 4.69) is 31.2 Å². The number of hydrogen-bond acceptors (Lipinski definition) is 5. The first-order valence-corrected chi connectivity index (χ1v) is 13.4. The predicted molar refractivity (Wildman–Crippen MR) is 143 cm³/mol. The number of thioether (sulfide) groups is 1. The molecule has 0 fully saturated rings. The van der Waals surface area contributed by atoms with Gasteiger partial charge in [0.1, 0.15) is 4.70 Å². The van der Waals surface area contributed by atoms with E-state index in [0.29, 0.717) is 35.0 Å². The summed E-state index contributed by atoms with van der Waals surface area (Å²) in [6, 6.07) is 20.3. The van der Waals surface area contributed by atoms with Crippen LogP contribution in [0.4, 0.5) is 0 Å². The van der Waals surface area contributed by atoms with E-state index in [1.807, 2.05) is 55.1 Å². The van der Waals surface area contributed by atoms with Crippen molar-refractivity contribution in [3.8, 4) is 10.4 Å². The topological polar surface area (TPSA) is 55.2 Å². The van der Waals surface area contributed by atoms with Crippen LogP contribution in [0.2, 0.25) is 0 Å². The minimum absolute atomic E-state index is 0.0261. The second-order valence-corrected chi connectivity index (χ2v) is 10.2. The number of nitrogens with zero attached hydrogens (tertiary/aromatic N) is 3. The molecular formula is C27H29N3O2S2. The Bertz CT molecular complexity index is 1330. The van der Waals surface area contributed by atoms with Crippen molar-refractivity contribution in [1.29, 1.82) is 0 Å². The van der Waals surface area contributed by atoms with Gasteiger partial charge in [-0.2, -0.15) is 0 Å². The maximum absolute atomic E-state index is 13.3. The molecule has 2 aromatic carbocycles. The van der Waals surface area contributed by atoms with Crippen LogP contribution in [-0.2, 0) is 17.9 Å². The smallest absolute Gasteiger partial charge is 0.272 e. The maximum Gasteiger partial charge on any atom is 0.272 e. The number of carbonyl (C=O) groups excluding carboxylic acids is 1. The Kier molecular flexibility index (Phi) is 7.85. The highest BCUT2D eigenvalue weighted by molar-refractivity contribution is 7.99. The molecule has 7 heteroatoms. The van der Waals surface area contributed by atoms with E-state index in [9.17, 15) is 9.59 Å². The number of thiophene rings is 1. The molecule has 2 aromatic heterocycles. The summed E-state index contributed by atoms with van der Waals surface area (Å²) in [5.41, 5.74) is 4.06. The van der Waals surface area contributed by atoms with Gasteiger partial charge in [-0.25, -0.2) is 4.98 Å². The molecule has 2 heterocycles. The van der Waals surface area contributed by atoms with Crippen molar-refractivity contribution in [3.63, 3.8) is 0 Å². The molecule has 0 aliphatic heterocycles. The molecule has 0 unspecified atom stereocenters. The van der Waals surface area contributed by atoms with Gasteiger partial charge in [0, 0.05) is 24.5 Å². The summed E-state index contributed by atoms with van der Waals surface area (Å²) in [4.78, 5) is 34.0. The predicted octanol–water partition coefficient (Wildman–Crippen LogP) is 5.98. The second kappa shape index (κ2) is 11.0. The molecule has 5 nitrogen and oxygen atoms in total. The third-order valence-corrected chi connectivity index (χ3v) is 7.78. The zero-order valence-corrected chi connectivity index (χ0v) is 21.4. The van der Waals surface area contributed by atoms with Gasteiger partial charge in [0.15, 0.2) is 5.16 Å². The van der Waals surface area contributed by atoms with Crippen LogP contribution in [0.15, 0.2) is 70.6 Å². The number of amides is 1. The Morgan fingerprint density at radius 2 is 1.82 bits per heavy atom. The SMILES string of the molecule is CCCn1c(SCC(=O)N(CC)Cc2ccccc2)nc2cc(-c3ccc(C)cc3)sc2c1=O. The fourth-order valence-corrected chi connectivity index (χ4v) is 5.76. The minimum Gasteiger partial charge on any atom is -0.338 e. The first kappa shape index (κ1) is 24.2. The van der Waals surface area contributed by atoms with Crippen LogP contribution in [0, 0.1) is 6.92 Å². The highest BCUT2D eigenvalue weighted by Crippen LogP contribution is 2.32. The number of aromatic nitrogens is 2. The minimum atomic E-state index is -0.0261. The quantitative estimate of drug-likeness (QED) is 0.213. The Balaban J connectivity index is 1.59. The van der Waals surface area contributed by atoms with E-state index >= 15 is 0 Å². The Morgan fingerprint density at radius 1 is 1.09 bits per heavy atom. The normalized spacial score (nSPS) is 11.1. The summed E-state index contributed by atoms with van der Waals surface area (Å²) in [6.45, 7) is 7.88. The Morgan fingerprint density at radius 3 is 2.50 bits per heavy atom. The maximum atomic E-state index is 13.3. The van der Waals surface area contributed by atoms with Crippen LogP contribution >= 0.6 is 23.1 Å². The molecule has 0 saturated carbocycles. The number of benzene rings is 2. The summed E-state index contributed by atoms with van der Waals surface area (Å²) in [5, 5.41) is 0.608. The van der Waals surface area contributed by atoms with Crippen LogP contribution in [0.3, 0.4) is 0 Å². The van der Waals surface area contributed by atoms with Crippen molar-refractivity contribution in [2.75, 3.05) is 12.3 Å². The molecule has 0 N–H and O–H groups in total. The molecule has 176 valence electrons. The lowest BCUT2D eigenvalue weighted by molar-refractivity contribution is -0.128. The number of aryl methyl sites for hydroxylation is 1. The van der Waals surface area contributed by atoms with Gasteiger partial charge in [-0.15, -0.1) is 11.3 Å². The van der Waals surface area contributed by atoms with Crippen LogP contribution in [0.1, 0.15) is 31.4 Å². The van der Waals surface area contributed by atoms with E-state index in [1.54, 1.807) is 4.57 Å². The summed E-state index contributed by atoms with van der Waals surface area (Å²) in [7, 11) is 0. The molecule has 0 aliphatic rings. The van der Waals surface area contributed by atoms with Gasteiger partial charge in [-0.05, 0) is 37.5 Å². The molecule has 1 amide bonds. The molecule has 0 saturated heterocycles. The van der Waals surface area contributed by atoms with Gasteiger partial charge in [0.25, 0.3) is 5.56 Å². The van der Waals surface area contributed by atoms with Crippen molar-refractivity contribution in [1.82, 2.24) is 14.5 Å². The van der Waals surface area contributed by atoms with Crippen molar-refractivity contribution in [2.45, 2.75) is 45.4 Å². The van der Waals surface area contributed by atoms with E-state index in [0.717, 1.165) is 22.4 Å². The molecule has 0 aliphatic carbocycles. The largest absolute Gasteiger partial charge is 0.338 e. The van der Waals surface area contributed by atoms with Crippen molar-refractivity contribution < 1.29 is 4.79 Å². The Labute approximate surface area is 208 Å². The number of hydrogen-bond donors (Lipinski definition) is 0. The number of carbonyl (C=O) groups is 1. The monoisotopic (exact) mass is 491 g/mol. The summed E-state index contributed by atoms with van der Waals surface area (Å²) < 4.78 is 2.39. The first-order chi connectivity index (χ1) is 16.5. The second-order valence-electron chi connectivity index (χ2n) is 8.22. The van der Waals surface area contributed by atoms with Gasteiger partial charge < -0.3 is 4.90 Å². The number of fused-ring (bicyclic) bond motifs is 1. The van der Waals surface area contributed by atoms with Gasteiger partial charge in [0.2, 0.25) is 5.91 Å². The van der Waals surface area contributed by atoms with Crippen LogP contribution in [0.25, 0.3) is 20.7 Å². The van der Waals surface area contributed by atoms with E-state index in [-0.39, 0.29) is 17.2 Å². The molecule has 0 atom stereocenters. The lowest BCUT2D eigenvalue weighted by atomic mass is 10.1. The summed E-state index contributed by atoms with van der Waals surface area (Å²) >= 11 is 2.84. The lowest BCUT2D eigenvalue weighted by Crippen LogP contribution is -2.32. The van der Waals surface area contributed by atoms with Crippen LogP contribution < -0.4 is 5.56 Å². The van der Waals surface area contributed by atoms with E-state index in [1.165, 1.54) is 28.7 Å². The fourth-order valence-electron chi connectivity index (χ4n) is 3.78. The van der Waals surface area contributed by atoms with E-state index < -0.39 is 0 Å². The van der Waals surface area contributed by atoms with Gasteiger partial charge in [-0.3, -0.25) is 14.2 Å². The molecule has 0 radical (unpaired) electrons. The highest BCUT2D eigenvalue weighted by Gasteiger charge is 2.18. The molecule has 0 bridgehead atoms. The van der Waals surface area contributed by atoms with Gasteiger partial charge in [0.05, 0.1) is 11.3 Å². The van der Waals surface area contributed by atoms with Crippen LogP contribution in [0.5, 0.6) is 0 Å². The molecular weight excluding hydrogens is 462 g/mol. The zero-order valence-electron chi connectivity index (χ0n) is 19.8. The summed E-state index contributed by atoms with van der Waals surface area (Å²) in [6.07, 6.45) is 0.819. The van der Waals surface area contributed by atoms with Gasteiger partial charge in [-0.1, -0.05) is 78.8 Å². The average Bonchev–Trinajstić information content (AvgIpc) is 3.28. The highest BCUT2D eigenvalue weighted by atomic mass is 32.2. The van der Waals surface area contributed by atoms with Crippen LogP contribution in [-0.4, -0.2) is 32.7 Å². The fraction of sp³-hybridized carbons (Fsp3) is 0.296. The third kappa shape index (κ3) is 5.42. The van der Waals surface area contributed by atoms with Gasteiger partial charge >= 0.3 is 0 Å². The van der Waals surface area contributed by atoms with Crippen molar-refractivity contribution >= 4 is 39.2 Å². The first-order valence-electron chi connectivity index (χ1n) is 11.6. The molecule has 34 heavy (non-hydrogen) atoms.